The fourth-order valence-electron chi connectivity index (χ4n) is 2.63. The number of carbonyl (C=O) groups is 1. The zero-order chi connectivity index (χ0) is 12.7. The summed E-state index contributed by atoms with van der Waals surface area (Å²) < 4.78 is 0. The van der Waals surface area contributed by atoms with Gasteiger partial charge in [-0.15, -0.1) is 0 Å². The van der Waals surface area contributed by atoms with Crippen molar-refractivity contribution in [2.45, 2.75) is 18.5 Å². The predicted molar refractivity (Wildman–Crippen MR) is 66.4 cm³/mol. The number of aromatic amines is 1. The van der Waals surface area contributed by atoms with Crippen molar-refractivity contribution in [3.63, 3.8) is 0 Å². The number of fused-ring (bicyclic) bond motifs is 3. The normalized spacial score (nSPS) is 22.9. The Kier molecular flexibility index (Phi) is 2.57. The summed E-state index contributed by atoms with van der Waals surface area (Å²) in [4.78, 5) is 14.4. The smallest absolute Gasteiger partial charge is 0.321 e. The van der Waals surface area contributed by atoms with Crippen LogP contribution in [0.15, 0.2) is 24.3 Å². The van der Waals surface area contributed by atoms with Gasteiger partial charge in [-0.2, -0.15) is 0 Å². The van der Waals surface area contributed by atoms with Crippen LogP contribution in [0.4, 0.5) is 0 Å². The van der Waals surface area contributed by atoms with Gasteiger partial charge in [0.2, 0.25) is 0 Å². The number of benzene rings is 1. The summed E-state index contributed by atoms with van der Waals surface area (Å²) >= 11 is 0. The Balaban J connectivity index is 2.15. The molecule has 2 aromatic rings. The minimum atomic E-state index is -0.885. The Morgan fingerprint density at radius 2 is 2.17 bits per heavy atom. The number of aliphatic hydroxyl groups excluding tert-OH is 1. The van der Waals surface area contributed by atoms with Crippen LogP contribution < -0.4 is 5.32 Å². The fourth-order valence-corrected chi connectivity index (χ4v) is 2.63. The standard InChI is InChI=1S/C13H14N2O3/c16-6-11-12-8(5-10(14-11)13(17)18)7-3-1-2-4-9(7)15-12/h1-4,10-11,14-16H,5-6H2,(H,17,18). The Morgan fingerprint density at radius 1 is 1.39 bits per heavy atom. The van der Waals surface area contributed by atoms with Gasteiger partial charge < -0.3 is 15.2 Å². The molecule has 5 nitrogen and oxygen atoms in total. The van der Waals surface area contributed by atoms with Crippen molar-refractivity contribution in [2.24, 2.45) is 0 Å². The second-order valence-corrected chi connectivity index (χ2v) is 4.56. The third-order valence-electron chi connectivity index (χ3n) is 3.49. The van der Waals surface area contributed by atoms with Gasteiger partial charge in [0.05, 0.1) is 12.6 Å². The lowest BCUT2D eigenvalue weighted by Gasteiger charge is -2.27. The Bertz CT molecular complexity index is 605. The molecule has 0 amide bonds. The van der Waals surface area contributed by atoms with Crippen LogP contribution in [0.5, 0.6) is 0 Å². The molecule has 0 aliphatic carbocycles. The van der Waals surface area contributed by atoms with Gasteiger partial charge in [0.1, 0.15) is 6.04 Å². The first-order chi connectivity index (χ1) is 8.70. The van der Waals surface area contributed by atoms with E-state index in [0.29, 0.717) is 6.42 Å². The van der Waals surface area contributed by atoms with Gasteiger partial charge in [-0.05, 0) is 11.6 Å². The molecule has 2 unspecified atom stereocenters. The van der Waals surface area contributed by atoms with Gasteiger partial charge in [0.15, 0.2) is 0 Å². The minimum absolute atomic E-state index is 0.121. The third-order valence-corrected chi connectivity index (χ3v) is 3.49. The molecule has 2 atom stereocenters. The Labute approximate surface area is 103 Å². The minimum Gasteiger partial charge on any atom is -0.480 e. The van der Waals surface area contributed by atoms with Crippen molar-refractivity contribution in [1.29, 1.82) is 0 Å². The highest BCUT2D eigenvalue weighted by atomic mass is 16.4. The highest BCUT2D eigenvalue weighted by molar-refractivity contribution is 5.86. The van der Waals surface area contributed by atoms with Gasteiger partial charge in [-0.25, -0.2) is 0 Å². The van der Waals surface area contributed by atoms with Crippen LogP contribution >= 0.6 is 0 Å². The van der Waals surface area contributed by atoms with E-state index in [1.54, 1.807) is 0 Å². The molecule has 0 radical (unpaired) electrons. The lowest BCUT2D eigenvalue weighted by Crippen LogP contribution is -2.45. The summed E-state index contributed by atoms with van der Waals surface area (Å²) in [7, 11) is 0. The number of para-hydroxylation sites is 1. The lowest BCUT2D eigenvalue weighted by molar-refractivity contribution is -0.140. The SMILES string of the molecule is O=C(O)C1Cc2c([nH]c3ccccc23)C(CO)N1. The highest BCUT2D eigenvalue weighted by Gasteiger charge is 2.32. The molecule has 1 aliphatic rings. The van der Waals surface area contributed by atoms with Crippen LogP contribution in [0, 0.1) is 0 Å². The number of carboxylic acid groups (broad SMARTS) is 1. The molecule has 4 N–H and O–H groups in total. The molecule has 1 aliphatic heterocycles. The van der Waals surface area contributed by atoms with Crippen molar-refractivity contribution >= 4 is 16.9 Å². The van der Waals surface area contributed by atoms with Gasteiger partial charge >= 0.3 is 5.97 Å². The van der Waals surface area contributed by atoms with Crippen molar-refractivity contribution in [1.82, 2.24) is 10.3 Å². The molecule has 0 fully saturated rings. The summed E-state index contributed by atoms with van der Waals surface area (Å²) in [6.45, 7) is -0.121. The lowest BCUT2D eigenvalue weighted by atomic mass is 9.94. The number of aliphatic hydroxyl groups is 1. The van der Waals surface area contributed by atoms with Gasteiger partial charge in [0.25, 0.3) is 0 Å². The Morgan fingerprint density at radius 3 is 2.89 bits per heavy atom. The molecule has 0 saturated heterocycles. The zero-order valence-electron chi connectivity index (χ0n) is 9.68. The molecule has 2 heterocycles. The molecular formula is C13H14N2O3. The maximum absolute atomic E-state index is 11.1. The topological polar surface area (TPSA) is 85.3 Å². The van der Waals surface area contributed by atoms with E-state index >= 15 is 0 Å². The summed E-state index contributed by atoms with van der Waals surface area (Å²) in [6, 6.07) is 6.81. The van der Waals surface area contributed by atoms with Crippen LogP contribution in [0.1, 0.15) is 17.3 Å². The maximum Gasteiger partial charge on any atom is 0.321 e. The fraction of sp³-hybridized carbons (Fsp3) is 0.308. The first kappa shape index (κ1) is 11.3. The molecule has 0 bridgehead atoms. The van der Waals surface area contributed by atoms with Crippen molar-refractivity contribution in [3.05, 3.63) is 35.5 Å². The average molecular weight is 246 g/mol. The largest absolute Gasteiger partial charge is 0.480 e. The van der Waals surface area contributed by atoms with Crippen LogP contribution in [-0.2, 0) is 11.2 Å². The van der Waals surface area contributed by atoms with E-state index in [1.165, 1.54) is 0 Å². The monoisotopic (exact) mass is 246 g/mol. The van der Waals surface area contributed by atoms with Crippen LogP contribution in [0.3, 0.4) is 0 Å². The van der Waals surface area contributed by atoms with E-state index in [1.807, 2.05) is 24.3 Å². The van der Waals surface area contributed by atoms with Gasteiger partial charge in [-0.3, -0.25) is 10.1 Å². The molecule has 5 heteroatoms. The number of rotatable bonds is 2. The molecule has 0 saturated carbocycles. The van der Waals surface area contributed by atoms with Crippen LogP contribution in [-0.4, -0.2) is 33.8 Å². The molecular weight excluding hydrogens is 232 g/mol. The van der Waals surface area contributed by atoms with E-state index < -0.39 is 12.0 Å². The summed E-state index contributed by atoms with van der Waals surface area (Å²) in [5.74, 6) is -0.885. The number of aromatic nitrogens is 1. The second kappa shape index (κ2) is 4.12. The first-order valence-corrected chi connectivity index (χ1v) is 5.90. The summed E-state index contributed by atoms with van der Waals surface area (Å²) in [5, 5.41) is 22.5. The van der Waals surface area contributed by atoms with Crippen molar-refractivity contribution in [3.8, 4) is 0 Å². The highest BCUT2D eigenvalue weighted by Crippen LogP contribution is 2.31. The molecule has 18 heavy (non-hydrogen) atoms. The second-order valence-electron chi connectivity index (χ2n) is 4.56. The van der Waals surface area contributed by atoms with Gasteiger partial charge in [-0.1, -0.05) is 18.2 Å². The van der Waals surface area contributed by atoms with Crippen LogP contribution in [0.2, 0.25) is 0 Å². The van der Waals surface area contributed by atoms with Crippen LogP contribution in [0.25, 0.3) is 10.9 Å². The van der Waals surface area contributed by atoms with Gasteiger partial charge in [0, 0.05) is 23.0 Å². The predicted octanol–water partition coefficient (Wildman–Crippen LogP) is 0.800. The zero-order valence-corrected chi connectivity index (χ0v) is 9.68. The third kappa shape index (κ3) is 1.60. The van der Waals surface area contributed by atoms with Crippen molar-refractivity contribution < 1.29 is 15.0 Å². The first-order valence-electron chi connectivity index (χ1n) is 5.90. The molecule has 1 aromatic heterocycles. The van der Waals surface area contributed by atoms with E-state index in [9.17, 15) is 9.90 Å². The average Bonchev–Trinajstić information content (AvgIpc) is 2.76. The molecule has 94 valence electrons. The number of H-pyrrole nitrogens is 1. The van der Waals surface area contributed by atoms with E-state index in [-0.39, 0.29) is 12.6 Å². The summed E-state index contributed by atoms with van der Waals surface area (Å²) in [5.41, 5.74) is 2.88. The number of hydrogen-bond acceptors (Lipinski definition) is 3. The molecule has 0 spiro atoms. The number of hydrogen-bond donors (Lipinski definition) is 4. The number of aliphatic carboxylic acids is 1. The van der Waals surface area contributed by atoms with E-state index in [4.69, 9.17) is 5.11 Å². The molecule has 1 aromatic carbocycles. The number of carboxylic acids is 1. The van der Waals surface area contributed by atoms with E-state index in [2.05, 4.69) is 10.3 Å². The molecule has 3 rings (SSSR count). The summed E-state index contributed by atoms with van der Waals surface area (Å²) in [6.07, 6.45) is 0.436. The van der Waals surface area contributed by atoms with Crippen molar-refractivity contribution in [2.75, 3.05) is 6.61 Å². The Hall–Kier alpha value is -1.85. The number of nitrogens with one attached hydrogen (secondary N) is 2. The maximum atomic E-state index is 11.1. The quantitative estimate of drug-likeness (QED) is 0.631. The van der Waals surface area contributed by atoms with E-state index in [0.717, 1.165) is 22.2 Å².